The van der Waals surface area contributed by atoms with Crippen molar-refractivity contribution in [2.75, 3.05) is 0 Å². The van der Waals surface area contributed by atoms with Crippen molar-refractivity contribution in [1.29, 1.82) is 0 Å². The molecule has 0 amide bonds. The first-order valence-electron chi connectivity index (χ1n) is 5.54. The molecule has 0 fully saturated rings. The summed E-state index contributed by atoms with van der Waals surface area (Å²) in [6.07, 6.45) is 0. The number of nitrogens with zero attached hydrogens (tertiary/aromatic N) is 1. The van der Waals surface area contributed by atoms with Gasteiger partial charge in [-0.1, -0.05) is 24.3 Å². The number of halogens is 1. The molecule has 1 heterocycles. The molecular formula is C15H14IN. The standard InChI is InChI=1S/C15H14N.HI/c1-11-7-8-13-10-9-12-5-3-4-6-14(12)15(13)16(11)2;/h3-10H,1-2H3;1H/q+1;/p-1. The summed E-state index contributed by atoms with van der Waals surface area (Å²) in [6.45, 7) is 2.14. The van der Waals surface area contributed by atoms with Crippen LogP contribution in [0.3, 0.4) is 0 Å². The van der Waals surface area contributed by atoms with Crippen molar-refractivity contribution >= 4 is 21.7 Å². The highest BCUT2D eigenvalue weighted by Crippen LogP contribution is 2.22. The molecule has 3 aromatic rings. The minimum Gasteiger partial charge on any atom is -1.00 e. The van der Waals surface area contributed by atoms with Gasteiger partial charge in [0.1, 0.15) is 7.05 Å². The van der Waals surface area contributed by atoms with Crippen LogP contribution in [0.2, 0.25) is 0 Å². The van der Waals surface area contributed by atoms with E-state index in [4.69, 9.17) is 0 Å². The van der Waals surface area contributed by atoms with Crippen LogP contribution >= 0.6 is 0 Å². The molecule has 1 nitrogen and oxygen atoms in total. The second-order valence-electron chi connectivity index (χ2n) is 4.26. The third-order valence-electron chi connectivity index (χ3n) is 3.30. The molecule has 0 saturated carbocycles. The summed E-state index contributed by atoms with van der Waals surface area (Å²) in [5.41, 5.74) is 2.60. The van der Waals surface area contributed by atoms with E-state index in [0.717, 1.165) is 0 Å². The van der Waals surface area contributed by atoms with E-state index in [0.29, 0.717) is 0 Å². The van der Waals surface area contributed by atoms with Gasteiger partial charge >= 0.3 is 0 Å². The van der Waals surface area contributed by atoms with Crippen LogP contribution in [-0.2, 0) is 7.05 Å². The average Bonchev–Trinajstić information content (AvgIpc) is 2.33. The normalized spacial score (nSPS) is 10.5. The molecule has 0 aliphatic carbocycles. The van der Waals surface area contributed by atoms with E-state index in [1.807, 2.05) is 0 Å². The Labute approximate surface area is 118 Å². The number of rotatable bonds is 0. The highest BCUT2D eigenvalue weighted by Gasteiger charge is 2.11. The Kier molecular flexibility index (Phi) is 3.33. The van der Waals surface area contributed by atoms with Gasteiger partial charge in [0.15, 0.2) is 5.69 Å². The molecule has 0 atom stereocenters. The third kappa shape index (κ3) is 1.90. The fourth-order valence-corrected chi connectivity index (χ4v) is 2.28. The van der Waals surface area contributed by atoms with Gasteiger partial charge in [0.25, 0.3) is 0 Å². The SMILES string of the molecule is Cc1ccc2ccc3ccccc3c2[n+]1C.[I-]. The molecule has 3 rings (SSSR count). The van der Waals surface area contributed by atoms with Crippen molar-refractivity contribution in [2.24, 2.45) is 7.05 Å². The van der Waals surface area contributed by atoms with Crippen LogP contribution in [0, 0.1) is 6.92 Å². The van der Waals surface area contributed by atoms with E-state index in [9.17, 15) is 0 Å². The quantitative estimate of drug-likeness (QED) is 0.312. The second kappa shape index (κ2) is 4.61. The largest absolute Gasteiger partial charge is 1.00 e. The molecule has 1 aromatic heterocycles. The van der Waals surface area contributed by atoms with Gasteiger partial charge in [-0.15, -0.1) is 0 Å². The van der Waals surface area contributed by atoms with E-state index in [-0.39, 0.29) is 24.0 Å². The van der Waals surface area contributed by atoms with Crippen molar-refractivity contribution in [3.63, 3.8) is 0 Å². The molecule has 0 aliphatic heterocycles. The van der Waals surface area contributed by atoms with Crippen LogP contribution in [0.25, 0.3) is 21.7 Å². The molecule has 0 bridgehead atoms. The Balaban J connectivity index is 0.00000108. The van der Waals surface area contributed by atoms with Crippen molar-refractivity contribution < 1.29 is 28.5 Å². The molecule has 86 valence electrons. The van der Waals surface area contributed by atoms with Crippen LogP contribution in [0.15, 0.2) is 48.5 Å². The van der Waals surface area contributed by atoms with Gasteiger partial charge in [0.05, 0.1) is 5.39 Å². The van der Waals surface area contributed by atoms with E-state index in [1.54, 1.807) is 0 Å². The number of benzene rings is 2. The summed E-state index contributed by atoms with van der Waals surface area (Å²) < 4.78 is 2.26. The number of fused-ring (bicyclic) bond motifs is 3. The molecule has 2 aromatic carbocycles. The Morgan fingerprint density at radius 1 is 0.824 bits per heavy atom. The minimum absolute atomic E-state index is 0. The number of hydrogen-bond acceptors (Lipinski definition) is 0. The summed E-state index contributed by atoms with van der Waals surface area (Å²) in [5.74, 6) is 0. The Morgan fingerprint density at radius 2 is 1.47 bits per heavy atom. The van der Waals surface area contributed by atoms with E-state index in [2.05, 4.69) is 67.1 Å². The molecule has 0 unspecified atom stereocenters. The molecule has 0 N–H and O–H groups in total. The predicted octanol–water partition coefficient (Wildman–Crippen LogP) is 0.130. The maximum absolute atomic E-state index is 2.26. The van der Waals surface area contributed by atoms with Gasteiger partial charge in [0, 0.05) is 18.4 Å². The lowest BCUT2D eigenvalue weighted by Gasteiger charge is -2.03. The highest BCUT2D eigenvalue weighted by molar-refractivity contribution is 6.03. The Hall–Kier alpha value is -1.16. The molecule has 0 spiro atoms. The van der Waals surface area contributed by atoms with Crippen LogP contribution in [-0.4, -0.2) is 0 Å². The Bertz CT molecular complexity index is 689. The fraction of sp³-hybridized carbons (Fsp3) is 0.133. The maximum atomic E-state index is 2.26. The zero-order chi connectivity index (χ0) is 11.1. The molecular weight excluding hydrogens is 321 g/mol. The first-order chi connectivity index (χ1) is 7.77. The molecule has 0 aliphatic rings. The van der Waals surface area contributed by atoms with Crippen molar-refractivity contribution in [3.8, 4) is 0 Å². The van der Waals surface area contributed by atoms with Gasteiger partial charge in [-0.05, 0) is 23.6 Å². The first kappa shape index (κ1) is 12.3. The topological polar surface area (TPSA) is 3.88 Å². The lowest BCUT2D eigenvalue weighted by Crippen LogP contribution is -3.00. The molecule has 0 saturated heterocycles. The maximum Gasteiger partial charge on any atom is 0.220 e. The average molecular weight is 335 g/mol. The van der Waals surface area contributed by atoms with Gasteiger partial charge in [-0.2, -0.15) is 4.57 Å². The molecule has 2 heteroatoms. The third-order valence-corrected chi connectivity index (χ3v) is 3.30. The number of pyridine rings is 1. The number of hydrogen-bond donors (Lipinski definition) is 0. The fourth-order valence-electron chi connectivity index (χ4n) is 2.28. The van der Waals surface area contributed by atoms with E-state index in [1.165, 1.54) is 27.4 Å². The summed E-state index contributed by atoms with van der Waals surface area (Å²) in [7, 11) is 2.13. The molecule has 17 heavy (non-hydrogen) atoms. The molecule has 0 radical (unpaired) electrons. The van der Waals surface area contributed by atoms with Gasteiger partial charge in [-0.25, -0.2) is 0 Å². The van der Waals surface area contributed by atoms with Crippen LogP contribution in [0.4, 0.5) is 0 Å². The van der Waals surface area contributed by atoms with E-state index < -0.39 is 0 Å². The summed E-state index contributed by atoms with van der Waals surface area (Å²) in [6, 6.07) is 17.3. The summed E-state index contributed by atoms with van der Waals surface area (Å²) in [4.78, 5) is 0. The lowest BCUT2D eigenvalue weighted by atomic mass is 10.1. The van der Waals surface area contributed by atoms with Crippen LogP contribution in [0.5, 0.6) is 0 Å². The van der Waals surface area contributed by atoms with Gasteiger partial charge in [-0.3, -0.25) is 0 Å². The van der Waals surface area contributed by atoms with Crippen molar-refractivity contribution in [1.82, 2.24) is 0 Å². The summed E-state index contributed by atoms with van der Waals surface area (Å²) in [5, 5.41) is 3.93. The minimum atomic E-state index is 0. The van der Waals surface area contributed by atoms with Crippen LogP contribution in [0.1, 0.15) is 5.69 Å². The number of aromatic nitrogens is 1. The van der Waals surface area contributed by atoms with E-state index >= 15 is 0 Å². The van der Waals surface area contributed by atoms with Gasteiger partial charge in [0.2, 0.25) is 5.52 Å². The smallest absolute Gasteiger partial charge is 0.220 e. The predicted molar refractivity (Wildman–Crippen MR) is 67.4 cm³/mol. The zero-order valence-corrected chi connectivity index (χ0v) is 12.1. The van der Waals surface area contributed by atoms with Crippen molar-refractivity contribution in [3.05, 3.63) is 54.2 Å². The summed E-state index contributed by atoms with van der Waals surface area (Å²) >= 11 is 0. The lowest BCUT2D eigenvalue weighted by molar-refractivity contribution is -0.650. The van der Waals surface area contributed by atoms with Crippen molar-refractivity contribution in [2.45, 2.75) is 6.92 Å². The number of aryl methyl sites for hydroxylation is 2. The van der Waals surface area contributed by atoms with Crippen LogP contribution < -0.4 is 28.5 Å². The monoisotopic (exact) mass is 335 g/mol. The highest BCUT2D eigenvalue weighted by atomic mass is 127. The second-order valence-corrected chi connectivity index (χ2v) is 4.26. The Morgan fingerprint density at radius 3 is 2.29 bits per heavy atom. The van der Waals surface area contributed by atoms with Gasteiger partial charge < -0.3 is 24.0 Å². The first-order valence-corrected chi connectivity index (χ1v) is 5.54. The zero-order valence-electron chi connectivity index (χ0n) is 9.94.